The number of aromatic nitrogens is 3. The summed E-state index contributed by atoms with van der Waals surface area (Å²) in [4.78, 5) is 24.6. The first-order chi connectivity index (χ1) is 17.7. The van der Waals surface area contributed by atoms with E-state index in [-0.39, 0.29) is 17.5 Å². The topological polar surface area (TPSA) is 75.1 Å². The van der Waals surface area contributed by atoms with Gasteiger partial charge in [0, 0.05) is 48.6 Å². The van der Waals surface area contributed by atoms with Gasteiger partial charge in [0.25, 0.3) is 5.56 Å². The Morgan fingerprint density at radius 3 is 2.57 bits per heavy atom. The van der Waals surface area contributed by atoms with Crippen molar-refractivity contribution in [3.05, 3.63) is 50.9 Å². The van der Waals surface area contributed by atoms with Crippen LogP contribution >= 0.6 is 15.9 Å². The Morgan fingerprint density at radius 1 is 1.14 bits per heavy atom. The van der Waals surface area contributed by atoms with Crippen molar-refractivity contribution in [1.82, 2.24) is 19.9 Å². The second kappa shape index (κ2) is 10.6. The van der Waals surface area contributed by atoms with E-state index in [9.17, 15) is 18.0 Å². The molecule has 0 amide bonds. The fraction of sp³-hybridized carbons (Fsp3) is 0.500. The highest BCUT2D eigenvalue weighted by molar-refractivity contribution is 9.10. The van der Waals surface area contributed by atoms with Gasteiger partial charge in [0.15, 0.2) is 0 Å². The summed E-state index contributed by atoms with van der Waals surface area (Å²) in [5.41, 5.74) is 3.27. The molecular weight excluding hydrogens is 549 g/mol. The zero-order valence-corrected chi connectivity index (χ0v) is 22.2. The molecule has 1 atom stereocenters. The second-order valence-electron chi connectivity index (χ2n) is 10.0. The van der Waals surface area contributed by atoms with Crippen molar-refractivity contribution in [3.63, 3.8) is 0 Å². The third-order valence-corrected chi connectivity index (χ3v) is 8.29. The summed E-state index contributed by atoms with van der Waals surface area (Å²) in [5, 5.41) is 6.63. The van der Waals surface area contributed by atoms with Crippen molar-refractivity contribution >= 4 is 44.3 Å². The van der Waals surface area contributed by atoms with E-state index in [0.29, 0.717) is 22.6 Å². The van der Waals surface area contributed by atoms with E-state index in [0.717, 1.165) is 67.5 Å². The smallest absolute Gasteiger partial charge is 0.371 e. The molecule has 3 aromatic rings. The van der Waals surface area contributed by atoms with Crippen LogP contribution in [-0.2, 0) is 0 Å². The molecule has 2 N–H and O–H groups in total. The minimum Gasteiger partial charge on any atom is -0.371 e. The quantitative estimate of drug-likeness (QED) is 0.374. The Bertz CT molecular complexity index is 1320. The molecule has 1 saturated heterocycles. The van der Waals surface area contributed by atoms with E-state index in [1.807, 2.05) is 35.8 Å². The van der Waals surface area contributed by atoms with Crippen molar-refractivity contribution in [2.45, 2.75) is 51.2 Å². The summed E-state index contributed by atoms with van der Waals surface area (Å²) in [6, 6.07) is 8.00. The monoisotopic (exact) mass is 578 g/mol. The third-order valence-electron chi connectivity index (χ3n) is 7.36. The predicted molar refractivity (Wildman–Crippen MR) is 143 cm³/mol. The molecule has 1 aliphatic carbocycles. The number of rotatable bonds is 7. The van der Waals surface area contributed by atoms with E-state index in [1.165, 1.54) is 0 Å². The first-order valence-corrected chi connectivity index (χ1v) is 13.5. The van der Waals surface area contributed by atoms with Crippen molar-refractivity contribution in [1.29, 1.82) is 0 Å². The van der Waals surface area contributed by atoms with Gasteiger partial charge in [-0.2, -0.15) is 18.2 Å². The zero-order chi connectivity index (χ0) is 26.2. The molecule has 0 spiro atoms. The fourth-order valence-electron chi connectivity index (χ4n) is 5.40. The average molecular weight is 579 g/mol. The molecule has 1 aromatic carbocycles. The largest absolute Gasteiger partial charge is 0.401 e. The van der Waals surface area contributed by atoms with Gasteiger partial charge in [-0.25, -0.2) is 4.98 Å². The molecule has 2 aliphatic rings. The van der Waals surface area contributed by atoms with E-state index in [4.69, 9.17) is 4.98 Å². The van der Waals surface area contributed by atoms with Gasteiger partial charge in [-0.1, -0.05) is 12.8 Å². The molecule has 7 nitrogen and oxygen atoms in total. The van der Waals surface area contributed by atoms with Crippen molar-refractivity contribution in [2.24, 2.45) is 5.92 Å². The molecule has 0 radical (unpaired) electrons. The number of nitrogens with one attached hydrogen (secondary N) is 2. The number of alkyl halides is 3. The lowest BCUT2D eigenvalue weighted by Gasteiger charge is -2.20. The fourth-order valence-corrected chi connectivity index (χ4v) is 5.80. The minimum atomic E-state index is -4.18. The van der Waals surface area contributed by atoms with Crippen LogP contribution < -0.4 is 21.1 Å². The SMILES string of the molecule is Cc1c(Br)c(=O)n(C2CCCC2)c2nc(Nc3ccc(N4CCC(CNCC(F)(F)F)C4)cc3)ncc12. The molecular formula is C26H30BrF3N6O. The van der Waals surface area contributed by atoms with Gasteiger partial charge in [0.1, 0.15) is 5.65 Å². The summed E-state index contributed by atoms with van der Waals surface area (Å²) in [7, 11) is 0. The Labute approximate surface area is 221 Å². The number of fused-ring (bicyclic) bond motifs is 1. The molecule has 3 heterocycles. The van der Waals surface area contributed by atoms with Gasteiger partial charge in [-0.05, 0) is 77.9 Å². The lowest BCUT2D eigenvalue weighted by molar-refractivity contribution is -0.125. The van der Waals surface area contributed by atoms with Crippen LogP contribution in [0, 0.1) is 12.8 Å². The Balaban J connectivity index is 1.29. The van der Waals surface area contributed by atoms with E-state index >= 15 is 0 Å². The Hall–Kier alpha value is -2.66. The standard InChI is InChI=1S/C26H30BrF3N6O/c1-16-21-13-32-25(34-23(21)36(24(37)22(16)27)20-4-2-3-5-20)33-18-6-8-19(9-7-18)35-11-10-17(14-35)12-31-15-26(28,29)30/h6-9,13,17,20,31H,2-5,10-12,14-15H2,1H3,(H,32,33,34). The molecule has 1 saturated carbocycles. The Morgan fingerprint density at radius 2 is 1.86 bits per heavy atom. The number of aryl methyl sites for hydroxylation is 1. The number of hydrogen-bond acceptors (Lipinski definition) is 6. The summed E-state index contributed by atoms with van der Waals surface area (Å²) in [5.74, 6) is 0.609. The maximum Gasteiger partial charge on any atom is 0.401 e. The molecule has 1 unspecified atom stereocenters. The lowest BCUT2D eigenvalue weighted by atomic mass is 10.1. The summed E-state index contributed by atoms with van der Waals surface area (Å²) in [6.45, 7) is 2.84. The molecule has 198 valence electrons. The van der Waals surface area contributed by atoms with Crippen LogP contribution in [0.4, 0.5) is 30.5 Å². The van der Waals surface area contributed by atoms with Crippen molar-refractivity contribution in [3.8, 4) is 0 Å². The molecule has 2 aromatic heterocycles. The number of anilines is 3. The third kappa shape index (κ3) is 5.77. The van der Waals surface area contributed by atoms with Crippen LogP contribution in [0.3, 0.4) is 0 Å². The summed E-state index contributed by atoms with van der Waals surface area (Å²) < 4.78 is 39.5. The number of hydrogen-bond donors (Lipinski definition) is 2. The summed E-state index contributed by atoms with van der Waals surface area (Å²) >= 11 is 3.47. The highest BCUT2D eigenvalue weighted by Gasteiger charge is 2.28. The van der Waals surface area contributed by atoms with Crippen LogP contribution in [0.25, 0.3) is 11.0 Å². The molecule has 0 bridgehead atoms. The van der Waals surface area contributed by atoms with Crippen LogP contribution in [-0.4, -0.2) is 46.9 Å². The molecule has 37 heavy (non-hydrogen) atoms. The van der Waals surface area contributed by atoms with Crippen LogP contribution in [0.2, 0.25) is 0 Å². The molecule has 2 fully saturated rings. The normalized spacial score (nSPS) is 18.7. The predicted octanol–water partition coefficient (Wildman–Crippen LogP) is 5.70. The molecule has 11 heteroatoms. The highest BCUT2D eigenvalue weighted by Crippen LogP contribution is 2.33. The first-order valence-electron chi connectivity index (χ1n) is 12.7. The van der Waals surface area contributed by atoms with Gasteiger partial charge < -0.3 is 15.5 Å². The zero-order valence-electron chi connectivity index (χ0n) is 20.6. The Kier molecular flexibility index (Phi) is 7.44. The number of halogens is 4. The first kappa shape index (κ1) is 26.0. The van der Waals surface area contributed by atoms with Crippen LogP contribution in [0.1, 0.15) is 43.7 Å². The maximum atomic E-state index is 13.1. The lowest BCUT2D eigenvalue weighted by Crippen LogP contribution is -2.33. The van der Waals surface area contributed by atoms with Gasteiger partial charge >= 0.3 is 6.18 Å². The van der Waals surface area contributed by atoms with E-state index < -0.39 is 12.7 Å². The van der Waals surface area contributed by atoms with Crippen LogP contribution in [0.5, 0.6) is 0 Å². The van der Waals surface area contributed by atoms with Crippen molar-refractivity contribution in [2.75, 3.05) is 36.4 Å². The highest BCUT2D eigenvalue weighted by atomic mass is 79.9. The second-order valence-corrected chi connectivity index (χ2v) is 10.8. The van der Waals surface area contributed by atoms with Gasteiger partial charge in [-0.3, -0.25) is 9.36 Å². The summed E-state index contributed by atoms with van der Waals surface area (Å²) in [6.07, 6.45) is 2.58. The van der Waals surface area contributed by atoms with Crippen molar-refractivity contribution < 1.29 is 13.2 Å². The van der Waals surface area contributed by atoms with Gasteiger partial charge in [0.05, 0.1) is 11.0 Å². The van der Waals surface area contributed by atoms with Gasteiger partial charge in [-0.15, -0.1) is 0 Å². The van der Waals surface area contributed by atoms with E-state index in [2.05, 4.69) is 36.4 Å². The van der Waals surface area contributed by atoms with E-state index in [1.54, 1.807) is 6.20 Å². The minimum absolute atomic E-state index is 0.0524. The maximum absolute atomic E-state index is 13.1. The van der Waals surface area contributed by atoms with Crippen LogP contribution in [0.15, 0.2) is 39.7 Å². The number of pyridine rings is 1. The molecule has 5 rings (SSSR count). The number of nitrogens with zero attached hydrogens (tertiary/aromatic N) is 4. The average Bonchev–Trinajstić information content (AvgIpc) is 3.55. The molecule has 1 aliphatic heterocycles. The van der Waals surface area contributed by atoms with Gasteiger partial charge in [0.2, 0.25) is 5.95 Å². The number of benzene rings is 1.